The van der Waals surface area contributed by atoms with Gasteiger partial charge in [0.2, 0.25) is 0 Å². The molecular formula is C25H29N5O2. The molecule has 2 unspecified atom stereocenters. The van der Waals surface area contributed by atoms with E-state index in [1.54, 1.807) is 12.1 Å². The Hall–Kier alpha value is -3.26. The number of fused-ring (bicyclic) bond motifs is 2. The summed E-state index contributed by atoms with van der Waals surface area (Å²) in [6.45, 7) is 1.19. The molecule has 0 saturated carbocycles. The Kier molecular flexibility index (Phi) is 6.23. The fraction of sp³-hybridized carbons (Fsp3) is 0.280. The normalized spacial score (nSPS) is 19.6. The van der Waals surface area contributed by atoms with E-state index in [0.717, 1.165) is 34.7 Å². The minimum Gasteiger partial charge on any atom is -0.627 e. The molecule has 7 nitrogen and oxygen atoms in total. The van der Waals surface area contributed by atoms with Gasteiger partial charge in [-0.3, -0.25) is 10.2 Å². The van der Waals surface area contributed by atoms with Crippen molar-refractivity contribution in [1.82, 2.24) is 9.96 Å². The Balaban J connectivity index is 1.74. The van der Waals surface area contributed by atoms with Crippen LogP contribution in [0.1, 0.15) is 29.5 Å². The van der Waals surface area contributed by atoms with Gasteiger partial charge < -0.3 is 26.6 Å². The summed E-state index contributed by atoms with van der Waals surface area (Å²) >= 11 is 0. The predicted molar refractivity (Wildman–Crippen MR) is 129 cm³/mol. The first-order valence-corrected chi connectivity index (χ1v) is 10.9. The summed E-state index contributed by atoms with van der Waals surface area (Å²) in [5, 5.41) is 27.3. The quantitative estimate of drug-likeness (QED) is 0.144. The van der Waals surface area contributed by atoms with Crippen LogP contribution in [0.3, 0.4) is 0 Å². The van der Waals surface area contributed by atoms with Crippen LogP contribution in [0.2, 0.25) is 0 Å². The fourth-order valence-corrected chi connectivity index (χ4v) is 4.54. The van der Waals surface area contributed by atoms with Crippen molar-refractivity contribution in [2.45, 2.75) is 31.8 Å². The smallest absolute Gasteiger partial charge is 0.279 e. The van der Waals surface area contributed by atoms with E-state index in [9.17, 15) is 10.0 Å². The number of amides is 1. The van der Waals surface area contributed by atoms with Gasteiger partial charge in [0.1, 0.15) is 18.1 Å². The molecule has 0 saturated heterocycles. The van der Waals surface area contributed by atoms with Crippen molar-refractivity contribution in [3.8, 4) is 0 Å². The number of nitrogens with zero attached hydrogens (tertiary/aromatic N) is 1. The number of amidine groups is 1. The van der Waals surface area contributed by atoms with E-state index in [4.69, 9.17) is 16.9 Å². The molecule has 0 aliphatic carbocycles. The highest BCUT2D eigenvalue weighted by Crippen LogP contribution is 2.41. The maximum atomic E-state index is 14.5. The van der Waals surface area contributed by atoms with Crippen LogP contribution >= 0.6 is 0 Å². The molecule has 0 fully saturated rings. The van der Waals surface area contributed by atoms with Gasteiger partial charge in [-0.2, -0.15) is 0 Å². The molecule has 1 aliphatic rings. The van der Waals surface area contributed by atoms with Crippen molar-refractivity contribution in [3.63, 3.8) is 0 Å². The lowest BCUT2D eigenvalue weighted by molar-refractivity contribution is -0.125. The number of hydrogen-bond acceptors (Lipinski definition) is 4. The van der Waals surface area contributed by atoms with Crippen LogP contribution in [0.4, 0.5) is 5.69 Å². The number of nitrogens with one attached hydrogen (secondary N) is 2. The first kappa shape index (κ1) is 22.0. The zero-order valence-corrected chi connectivity index (χ0v) is 18.0. The third kappa shape index (κ3) is 4.10. The number of unbranched alkanes of at least 4 members (excludes halogenated alkanes) is 1. The van der Waals surface area contributed by atoms with E-state index in [0.29, 0.717) is 30.8 Å². The number of benzene rings is 3. The summed E-state index contributed by atoms with van der Waals surface area (Å²) < 4.78 is -0.798. The molecule has 4 rings (SSSR count). The summed E-state index contributed by atoms with van der Waals surface area (Å²) in [4.78, 5) is 13.1. The van der Waals surface area contributed by atoms with Gasteiger partial charge in [-0.25, -0.2) is 0 Å². The molecule has 1 heterocycles. The zero-order chi connectivity index (χ0) is 22.7. The van der Waals surface area contributed by atoms with Crippen LogP contribution in [0, 0.1) is 10.6 Å². The topological polar surface area (TPSA) is 128 Å². The van der Waals surface area contributed by atoms with E-state index >= 15 is 0 Å². The van der Waals surface area contributed by atoms with Gasteiger partial charge in [0.05, 0.1) is 0 Å². The summed E-state index contributed by atoms with van der Waals surface area (Å²) in [5.74, 6) is -0.350. The number of rotatable bonds is 8. The molecule has 7 heteroatoms. The Morgan fingerprint density at radius 1 is 1.12 bits per heavy atom. The minimum atomic E-state index is -0.802. The first-order valence-electron chi connectivity index (χ1n) is 10.9. The van der Waals surface area contributed by atoms with E-state index in [1.807, 2.05) is 48.5 Å². The van der Waals surface area contributed by atoms with E-state index < -0.39 is 10.7 Å². The Morgan fingerprint density at radius 2 is 1.91 bits per heavy atom. The van der Waals surface area contributed by atoms with Crippen molar-refractivity contribution in [2.75, 3.05) is 13.1 Å². The predicted octanol–water partition coefficient (Wildman–Crippen LogP) is 2.91. The van der Waals surface area contributed by atoms with Gasteiger partial charge in [0.15, 0.2) is 6.04 Å². The Labute approximate surface area is 187 Å². The van der Waals surface area contributed by atoms with Crippen LogP contribution in [-0.2, 0) is 17.8 Å². The van der Waals surface area contributed by atoms with Crippen molar-refractivity contribution in [1.29, 1.82) is 5.41 Å². The molecule has 1 aliphatic heterocycles. The van der Waals surface area contributed by atoms with E-state index in [1.165, 1.54) is 0 Å². The van der Waals surface area contributed by atoms with Gasteiger partial charge in [-0.1, -0.05) is 54.6 Å². The van der Waals surface area contributed by atoms with Crippen molar-refractivity contribution in [3.05, 3.63) is 82.6 Å². The third-order valence-electron chi connectivity index (χ3n) is 6.24. The molecule has 32 heavy (non-hydrogen) atoms. The number of carbonyl (C=O) groups excluding carboxylic acids is 1. The molecule has 3 aromatic rings. The van der Waals surface area contributed by atoms with Crippen LogP contribution in [0.5, 0.6) is 0 Å². The molecule has 0 radical (unpaired) electrons. The number of hydrogen-bond donors (Lipinski definition) is 4. The van der Waals surface area contributed by atoms with Crippen LogP contribution in [0.25, 0.3) is 10.8 Å². The lowest BCUT2D eigenvalue weighted by Gasteiger charge is -2.43. The monoisotopic (exact) mass is 431 g/mol. The second-order valence-electron chi connectivity index (χ2n) is 8.36. The van der Waals surface area contributed by atoms with Gasteiger partial charge >= 0.3 is 0 Å². The molecule has 1 amide bonds. The molecule has 0 bridgehead atoms. The second-order valence-corrected chi connectivity index (χ2v) is 8.36. The number of nitrogen functional groups attached to an aromatic ring is 1. The standard InChI is InChI=1S/C25H29N5O2/c26-12-3-4-13-29-25(31)23-14-18-10-11-19(24(27)28)15-22(18)30(23,32)16-20-8-5-7-17-6-1-2-9-21(17)20/h1-2,5-11,15,23H,3-4,12-14,16,26H2,(H3,27,28)(H,29,31). The third-order valence-corrected chi connectivity index (χ3v) is 6.24. The maximum Gasteiger partial charge on any atom is 0.279 e. The Morgan fingerprint density at radius 3 is 2.69 bits per heavy atom. The lowest BCUT2D eigenvalue weighted by Crippen LogP contribution is -2.56. The van der Waals surface area contributed by atoms with Gasteiger partial charge in [0, 0.05) is 35.7 Å². The second kappa shape index (κ2) is 9.08. The molecule has 2 atom stereocenters. The SMILES string of the molecule is N=C(N)c1ccc2c(c1)[N+]([O-])(Cc1cccc3ccccc13)C(C(=O)NCCCCN)C2. The van der Waals surface area contributed by atoms with Crippen LogP contribution in [0.15, 0.2) is 60.7 Å². The zero-order valence-electron chi connectivity index (χ0n) is 18.0. The maximum absolute atomic E-state index is 14.5. The van der Waals surface area contributed by atoms with Crippen LogP contribution in [-0.4, -0.2) is 30.9 Å². The summed E-state index contributed by atoms with van der Waals surface area (Å²) in [6.07, 6.45) is 1.95. The van der Waals surface area contributed by atoms with Gasteiger partial charge in [-0.05, 0) is 30.2 Å². The van der Waals surface area contributed by atoms with Crippen molar-refractivity contribution < 1.29 is 4.79 Å². The van der Waals surface area contributed by atoms with E-state index in [2.05, 4.69) is 5.32 Å². The number of quaternary nitrogens is 1. The average Bonchev–Trinajstić information content (AvgIpc) is 3.08. The largest absolute Gasteiger partial charge is 0.627 e. The van der Waals surface area contributed by atoms with Crippen LogP contribution < -0.4 is 21.4 Å². The average molecular weight is 432 g/mol. The summed E-state index contributed by atoms with van der Waals surface area (Å²) in [5.41, 5.74) is 14.0. The molecule has 0 spiro atoms. The number of nitrogens with two attached hydrogens (primary N) is 2. The molecule has 6 N–H and O–H groups in total. The highest BCUT2D eigenvalue weighted by molar-refractivity contribution is 5.97. The van der Waals surface area contributed by atoms with E-state index in [-0.39, 0.29) is 18.3 Å². The minimum absolute atomic E-state index is 0.0980. The fourth-order valence-electron chi connectivity index (χ4n) is 4.54. The molecule has 0 aromatic heterocycles. The van der Waals surface area contributed by atoms with Crippen molar-refractivity contribution >= 4 is 28.2 Å². The highest BCUT2D eigenvalue weighted by atomic mass is 16.6. The highest BCUT2D eigenvalue weighted by Gasteiger charge is 2.45. The number of carbonyl (C=O) groups is 1. The summed E-state index contributed by atoms with van der Waals surface area (Å²) in [7, 11) is 0. The lowest BCUT2D eigenvalue weighted by atomic mass is 10.0. The first-order chi connectivity index (χ1) is 15.4. The van der Waals surface area contributed by atoms with Gasteiger partial charge in [0.25, 0.3) is 5.91 Å². The number of hydroxylamine groups is 2. The molecule has 166 valence electrons. The van der Waals surface area contributed by atoms with Crippen molar-refractivity contribution in [2.24, 2.45) is 11.5 Å². The molecular weight excluding hydrogens is 402 g/mol. The van der Waals surface area contributed by atoms with Gasteiger partial charge in [-0.15, -0.1) is 0 Å². The Bertz CT molecular complexity index is 1160. The molecule has 3 aromatic carbocycles. The summed E-state index contributed by atoms with van der Waals surface area (Å²) in [6, 6.07) is 18.3.